The van der Waals surface area contributed by atoms with Crippen molar-refractivity contribution in [1.29, 1.82) is 0 Å². The molecule has 1 fully saturated rings. The molecule has 0 radical (unpaired) electrons. The van der Waals surface area contributed by atoms with E-state index in [2.05, 4.69) is 12.2 Å². The third-order valence-corrected chi connectivity index (χ3v) is 4.21. The number of anilines is 1. The highest BCUT2D eigenvalue weighted by molar-refractivity contribution is 5.62. The van der Waals surface area contributed by atoms with Gasteiger partial charge in [0, 0.05) is 18.7 Å². The number of nitro groups is 1. The lowest BCUT2D eigenvalue weighted by Gasteiger charge is -2.26. The van der Waals surface area contributed by atoms with Gasteiger partial charge in [-0.05, 0) is 18.3 Å². The molecule has 1 saturated carbocycles. The predicted molar refractivity (Wildman–Crippen MR) is 77.2 cm³/mol. The molecule has 0 saturated heterocycles. The lowest BCUT2D eigenvalue weighted by Crippen LogP contribution is -2.16. The van der Waals surface area contributed by atoms with Crippen LogP contribution in [0.15, 0.2) is 12.1 Å². The third-order valence-electron chi connectivity index (χ3n) is 4.21. The maximum absolute atomic E-state index is 13.5. The topological polar surface area (TPSA) is 55.2 Å². The van der Waals surface area contributed by atoms with Crippen molar-refractivity contribution in [2.75, 3.05) is 11.9 Å². The number of hydrogen-bond donors (Lipinski definition) is 1. The molecule has 0 bridgehead atoms. The van der Waals surface area contributed by atoms with Crippen LogP contribution in [0.25, 0.3) is 0 Å². The summed E-state index contributed by atoms with van der Waals surface area (Å²) < 4.78 is 26.7. The number of nitrogens with zero attached hydrogens (tertiary/aromatic N) is 1. The van der Waals surface area contributed by atoms with Gasteiger partial charge < -0.3 is 5.32 Å². The van der Waals surface area contributed by atoms with E-state index in [0.717, 1.165) is 31.2 Å². The minimum absolute atomic E-state index is 0.0818. The third kappa shape index (κ3) is 4.12. The van der Waals surface area contributed by atoms with Gasteiger partial charge in [0.2, 0.25) is 5.82 Å². The van der Waals surface area contributed by atoms with Gasteiger partial charge in [0.15, 0.2) is 0 Å². The molecule has 0 atom stereocenters. The fourth-order valence-electron chi connectivity index (χ4n) is 2.92. The summed E-state index contributed by atoms with van der Waals surface area (Å²) in [4.78, 5) is 10.0. The van der Waals surface area contributed by atoms with Crippen LogP contribution in [0.1, 0.15) is 39.0 Å². The van der Waals surface area contributed by atoms with E-state index in [-0.39, 0.29) is 5.69 Å². The zero-order valence-electron chi connectivity index (χ0n) is 12.1. The van der Waals surface area contributed by atoms with Gasteiger partial charge in [-0.25, -0.2) is 4.39 Å². The lowest BCUT2D eigenvalue weighted by atomic mass is 9.81. The SMILES string of the molecule is CC1CCC(CCNc2cc(F)cc(F)c2[N+](=O)[O-])CC1. The molecule has 0 amide bonds. The van der Waals surface area contributed by atoms with E-state index in [4.69, 9.17) is 0 Å². The van der Waals surface area contributed by atoms with Crippen molar-refractivity contribution in [3.8, 4) is 0 Å². The summed E-state index contributed by atoms with van der Waals surface area (Å²) in [5.74, 6) is -0.597. The van der Waals surface area contributed by atoms with Crippen molar-refractivity contribution in [2.24, 2.45) is 11.8 Å². The van der Waals surface area contributed by atoms with Crippen molar-refractivity contribution in [3.05, 3.63) is 33.9 Å². The molecule has 0 spiro atoms. The Hall–Kier alpha value is -1.72. The van der Waals surface area contributed by atoms with Crippen molar-refractivity contribution >= 4 is 11.4 Å². The van der Waals surface area contributed by atoms with Crippen LogP contribution in [-0.2, 0) is 0 Å². The molecule has 1 N–H and O–H groups in total. The second-order valence-electron chi connectivity index (χ2n) is 5.88. The molecule has 0 unspecified atom stereocenters. The van der Waals surface area contributed by atoms with Crippen LogP contribution < -0.4 is 5.32 Å². The first-order valence-electron chi connectivity index (χ1n) is 7.34. The fourth-order valence-corrected chi connectivity index (χ4v) is 2.92. The van der Waals surface area contributed by atoms with E-state index in [0.29, 0.717) is 18.5 Å². The monoisotopic (exact) mass is 298 g/mol. The van der Waals surface area contributed by atoms with Crippen LogP contribution in [-0.4, -0.2) is 11.5 Å². The zero-order valence-corrected chi connectivity index (χ0v) is 12.1. The highest BCUT2D eigenvalue weighted by atomic mass is 19.1. The zero-order chi connectivity index (χ0) is 15.4. The molecule has 1 aromatic carbocycles. The van der Waals surface area contributed by atoms with Gasteiger partial charge >= 0.3 is 5.69 Å². The van der Waals surface area contributed by atoms with Crippen LogP contribution in [0, 0.1) is 33.6 Å². The summed E-state index contributed by atoms with van der Waals surface area (Å²) in [5.41, 5.74) is -0.768. The van der Waals surface area contributed by atoms with Crippen LogP contribution in [0.2, 0.25) is 0 Å². The van der Waals surface area contributed by atoms with Crippen molar-refractivity contribution < 1.29 is 13.7 Å². The molecular weight excluding hydrogens is 278 g/mol. The fraction of sp³-hybridized carbons (Fsp3) is 0.600. The maximum Gasteiger partial charge on any atom is 0.327 e. The van der Waals surface area contributed by atoms with Crippen LogP contribution in [0.3, 0.4) is 0 Å². The van der Waals surface area contributed by atoms with Gasteiger partial charge in [-0.2, -0.15) is 4.39 Å². The Morgan fingerprint density at radius 2 is 1.95 bits per heavy atom. The molecule has 0 heterocycles. The summed E-state index contributed by atoms with van der Waals surface area (Å²) in [6.45, 7) is 2.73. The number of rotatable bonds is 5. The Labute approximate surface area is 122 Å². The van der Waals surface area contributed by atoms with Crippen molar-refractivity contribution in [3.63, 3.8) is 0 Å². The second kappa shape index (κ2) is 6.83. The molecule has 21 heavy (non-hydrogen) atoms. The normalized spacial score (nSPS) is 22.0. The largest absolute Gasteiger partial charge is 0.379 e. The predicted octanol–water partition coefficient (Wildman–Crippen LogP) is 4.50. The summed E-state index contributed by atoms with van der Waals surface area (Å²) in [6.07, 6.45) is 5.59. The number of halogens is 2. The Kier molecular flexibility index (Phi) is 5.09. The van der Waals surface area contributed by atoms with E-state index >= 15 is 0 Å². The Bertz CT molecular complexity index is 515. The van der Waals surface area contributed by atoms with E-state index in [1.165, 1.54) is 12.8 Å². The van der Waals surface area contributed by atoms with E-state index in [1.807, 2.05) is 0 Å². The number of hydrogen-bond acceptors (Lipinski definition) is 3. The standard InChI is InChI=1S/C15H20F2N2O2/c1-10-2-4-11(5-3-10)6-7-18-14-9-12(16)8-13(17)15(14)19(20)21/h8-11,18H,2-7H2,1H3. The Morgan fingerprint density at radius 3 is 2.57 bits per heavy atom. The highest BCUT2D eigenvalue weighted by Crippen LogP contribution is 2.32. The summed E-state index contributed by atoms with van der Waals surface area (Å²) in [5, 5.41) is 13.7. The minimum Gasteiger partial charge on any atom is -0.379 e. The molecule has 1 aliphatic rings. The van der Waals surface area contributed by atoms with Gasteiger partial charge in [-0.3, -0.25) is 10.1 Å². The summed E-state index contributed by atoms with van der Waals surface area (Å²) in [6, 6.07) is 1.51. The second-order valence-corrected chi connectivity index (χ2v) is 5.88. The smallest absolute Gasteiger partial charge is 0.327 e. The van der Waals surface area contributed by atoms with Gasteiger partial charge in [-0.15, -0.1) is 0 Å². The van der Waals surface area contributed by atoms with Crippen LogP contribution in [0.4, 0.5) is 20.2 Å². The summed E-state index contributed by atoms with van der Waals surface area (Å²) >= 11 is 0. The first-order valence-corrected chi connectivity index (χ1v) is 7.34. The number of nitrogens with one attached hydrogen (secondary N) is 1. The molecule has 1 aromatic rings. The average Bonchev–Trinajstić information content (AvgIpc) is 2.39. The van der Waals surface area contributed by atoms with Gasteiger partial charge in [0.25, 0.3) is 0 Å². The van der Waals surface area contributed by atoms with E-state index in [9.17, 15) is 18.9 Å². The first kappa shape index (κ1) is 15.7. The maximum atomic E-state index is 13.5. The van der Waals surface area contributed by atoms with Gasteiger partial charge in [-0.1, -0.05) is 32.6 Å². The lowest BCUT2D eigenvalue weighted by molar-refractivity contribution is -0.386. The minimum atomic E-state index is -1.14. The molecule has 2 rings (SSSR count). The number of nitro benzene ring substituents is 1. The molecule has 116 valence electrons. The van der Waals surface area contributed by atoms with Crippen LogP contribution >= 0.6 is 0 Å². The highest BCUT2D eigenvalue weighted by Gasteiger charge is 2.22. The molecule has 1 aliphatic carbocycles. The molecular formula is C15H20F2N2O2. The van der Waals surface area contributed by atoms with Gasteiger partial charge in [0.1, 0.15) is 11.5 Å². The Balaban J connectivity index is 1.95. The van der Waals surface area contributed by atoms with Crippen LogP contribution in [0.5, 0.6) is 0 Å². The van der Waals surface area contributed by atoms with Crippen molar-refractivity contribution in [1.82, 2.24) is 0 Å². The van der Waals surface area contributed by atoms with Crippen molar-refractivity contribution in [2.45, 2.75) is 39.0 Å². The average molecular weight is 298 g/mol. The number of benzene rings is 1. The first-order chi connectivity index (χ1) is 9.97. The Morgan fingerprint density at radius 1 is 1.29 bits per heavy atom. The summed E-state index contributed by atoms with van der Waals surface area (Å²) in [7, 11) is 0. The van der Waals surface area contributed by atoms with E-state index < -0.39 is 22.2 Å². The quantitative estimate of drug-likeness (QED) is 0.643. The molecule has 0 aromatic heterocycles. The van der Waals surface area contributed by atoms with Gasteiger partial charge in [0.05, 0.1) is 4.92 Å². The van der Waals surface area contributed by atoms with E-state index in [1.54, 1.807) is 0 Å². The molecule has 4 nitrogen and oxygen atoms in total. The molecule has 6 heteroatoms. The molecule has 0 aliphatic heterocycles.